The van der Waals surface area contributed by atoms with Crippen molar-refractivity contribution in [1.82, 2.24) is 23.8 Å². The highest BCUT2D eigenvalue weighted by molar-refractivity contribution is 7.89. The summed E-state index contributed by atoms with van der Waals surface area (Å²) in [4.78, 5) is 29.5. The maximum Gasteiger partial charge on any atom is 0.491 e. The van der Waals surface area contributed by atoms with Gasteiger partial charge < -0.3 is 14.2 Å². The second-order valence-corrected chi connectivity index (χ2v) is 13.3. The molecule has 44 heavy (non-hydrogen) atoms. The minimum absolute atomic E-state index is 0.0396. The number of benzene rings is 1. The fraction of sp³-hybridized carbons (Fsp3) is 0.448. The smallest absolute Gasteiger partial charge is 0.403 e. The number of esters is 1. The van der Waals surface area contributed by atoms with Crippen molar-refractivity contribution in [3.05, 3.63) is 70.9 Å². The van der Waals surface area contributed by atoms with E-state index in [0.717, 1.165) is 5.56 Å². The number of sulfonamides is 1. The van der Waals surface area contributed by atoms with E-state index in [0.29, 0.717) is 34.7 Å². The molecule has 2 fully saturated rings. The van der Waals surface area contributed by atoms with E-state index in [1.807, 2.05) is 25.1 Å². The van der Waals surface area contributed by atoms with E-state index >= 15 is 0 Å². The van der Waals surface area contributed by atoms with Crippen LogP contribution >= 0.6 is 0 Å². The molecule has 2 aliphatic rings. The number of nitrogens with zero attached hydrogens (tertiary/aromatic N) is 5. The zero-order valence-electron chi connectivity index (χ0n) is 24.6. The summed E-state index contributed by atoms with van der Waals surface area (Å²) >= 11 is 0. The molecule has 0 saturated carbocycles. The lowest BCUT2D eigenvalue weighted by Gasteiger charge is -2.53. The Bertz CT molecular complexity index is 1650. The third kappa shape index (κ3) is 5.48. The van der Waals surface area contributed by atoms with Crippen LogP contribution in [-0.2, 0) is 24.3 Å². The number of alkyl halides is 3. The van der Waals surface area contributed by atoms with Crippen LogP contribution < -0.4 is 4.48 Å². The number of hydrogen-bond donors (Lipinski definition) is 0. The first kappa shape index (κ1) is 31.6. The van der Waals surface area contributed by atoms with E-state index in [2.05, 4.69) is 10.1 Å². The van der Waals surface area contributed by atoms with Crippen molar-refractivity contribution in [1.29, 1.82) is 0 Å². The minimum Gasteiger partial charge on any atom is -0.403 e. The maximum absolute atomic E-state index is 14.0. The molecule has 2 aromatic heterocycles. The molecule has 11 nitrogen and oxygen atoms in total. The fourth-order valence-corrected chi connectivity index (χ4v) is 8.11. The van der Waals surface area contributed by atoms with Gasteiger partial charge in [0.2, 0.25) is 16.4 Å². The summed E-state index contributed by atoms with van der Waals surface area (Å²) in [7, 11) is -4.11. The van der Waals surface area contributed by atoms with Crippen LogP contribution in [0.5, 0.6) is 0 Å². The molecular weight excluding hydrogens is 603 g/mol. The molecule has 0 aliphatic carbocycles. The lowest BCUT2D eigenvalue weighted by atomic mass is 9.88. The van der Waals surface area contributed by atoms with Gasteiger partial charge in [0.05, 0.1) is 24.7 Å². The highest BCUT2D eigenvalue weighted by Crippen LogP contribution is 2.46. The van der Waals surface area contributed by atoms with E-state index in [-0.39, 0.29) is 42.1 Å². The summed E-state index contributed by atoms with van der Waals surface area (Å²) in [6, 6.07) is 7.65. The third-order valence-electron chi connectivity index (χ3n) is 8.68. The van der Waals surface area contributed by atoms with E-state index < -0.39 is 40.4 Å². The number of aryl methyl sites for hydroxylation is 4. The van der Waals surface area contributed by atoms with Crippen molar-refractivity contribution in [2.24, 2.45) is 0 Å². The van der Waals surface area contributed by atoms with Gasteiger partial charge in [-0.1, -0.05) is 17.3 Å². The molecule has 0 spiro atoms. The van der Waals surface area contributed by atoms with Gasteiger partial charge in [0, 0.05) is 36.1 Å². The molecule has 1 amide bonds. The molecular formula is C29H33F3N5O6S+. The number of piperazine rings is 1. The van der Waals surface area contributed by atoms with E-state index in [4.69, 9.17) is 9.26 Å². The van der Waals surface area contributed by atoms with Crippen LogP contribution in [0.25, 0.3) is 0 Å². The van der Waals surface area contributed by atoms with Gasteiger partial charge >= 0.3 is 12.1 Å². The van der Waals surface area contributed by atoms with Gasteiger partial charge in [0.25, 0.3) is 6.23 Å². The molecule has 1 aromatic carbocycles. The molecule has 15 heteroatoms. The highest BCUT2D eigenvalue weighted by Gasteiger charge is 2.60. The lowest BCUT2D eigenvalue weighted by Crippen LogP contribution is -2.73. The Labute approximate surface area is 252 Å². The molecule has 4 heterocycles. The quantitative estimate of drug-likeness (QED) is 0.220. The summed E-state index contributed by atoms with van der Waals surface area (Å²) in [6.45, 7) is 6.69. The molecule has 1 unspecified atom stereocenters. The van der Waals surface area contributed by atoms with Gasteiger partial charge in [-0.05, 0) is 45.4 Å². The van der Waals surface area contributed by atoms with Gasteiger partial charge in [-0.3, -0.25) is 9.78 Å². The van der Waals surface area contributed by atoms with Crippen molar-refractivity contribution < 1.29 is 40.4 Å². The molecule has 2 saturated heterocycles. The average molecular weight is 637 g/mol. The Morgan fingerprint density at radius 3 is 2.50 bits per heavy atom. The first-order valence-corrected chi connectivity index (χ1v) is 15.4. The molecule has 0 bridgehead atoms. The van der Waals surface area contributed by atoms with E-state index in [1.54, 1.807) is 20.8 Å². The SMILES string of the molecule is Cc1ccc(C)c([N@+]2([C@H]3CN(S(=O)(=O)c4cccnc4)C[C@@H]3c3c(C)noc3C)CCN(C=O)CC2OC(=O)C(F)(F)F)c1. The number of carbonyl (C=O) groups is 2. The van der Waals surface area contributed by atoms with Crippen molar-refractivity contribution in [3.63, 3.8) is 0 Å². The van der Waals surface area contributed by atoms with E-state index in [1.165, 1.54) is 33.7 Å². The first-order valence-electron chi connectivity index (χ1n) is 14.0. The fourth-order valence-electron chi connectivity index (χ4n) is 6.66. The molecule has 3 aromatic rings. The monoisotopic (exact) mass is 636 g/mol. The maximum atomic E-state index is 14.0. The van der Waals surface area contributed by atoms with Crippen LogP contribution in [0.1, 0.15) is 34.1 Å². The standard InChI is InChI=1S/C29H33F3N5O6S/c1-18-7-8-19(2)24(12-18)37(11-10-35(17-38)16-26(37)42-28(39)29(30,31)32)25-15-36(44(40,41)22-6-5-9-33-13-22)14-23(25)27-20(3)34-43-21(27)4/h5-9,12-13,17,23,25-26H,10-11,14-16H2,1-4H3/q+1/t23-,25-,26?,37-/m0/s1. The molecule has 0 radical (unpaired) electrons. The van der Waals surface area contributed by atoms with Crippen LogP contribution in [0.2, 0.25) is 0 Å². The van der Waals surface area contributed by atoms with Gasteiger partial charge in [-0.15, -0.1) is 0 Å². The Morgan fingerprint density at radius 1 is 1.14 bits per heavy atom. The number of carbonyl (C=O) groups excluding carboxylic acids is 2. The Hall–Kier alpha value is -3.82. The second-order valence-electron chi connectivity index (χ2n) is 11.3. The molecule has 236 valence electrons. The lowest BCUT2D eigenvalue weighted by molar-refractivity contribution is -0.217. The van der Waals surface area contributed by atoms with Crippen LogP contribution in [0.15, 0.2) is 52.1 Å². The predicted molar refractivity (Wildman–Crippen MR) is 152 cm³/mol. The van der Waals surface area contributed by atoms with Crippen molar-refractivity contribution in [3.8, 4) is 0 Å². The number of pyridine rings is 1. The number of ether oxygens (including phenoxy) is 1. The highest BCUT2D eigenvalue weighted by atomic mass is 32.2. The van der Waals surface area contributed by atoms with E-state index in [9.17, 15) is 31.2 Å². The van der Waals surface area contributed by atoms with Crippen LogP contribution in [0.4, 0.5) is 18.9 Å². The Morgan fingerprint density at radius 2 is 1.89 bits per heavy atom. The van der Waals surface area contributed by atoms with Gasteiger partial charge in [0.1, 0.15) is 35.5 Å². The summed E-state index contributed by atoms with van der Waals surface area (Å²) in [6.07, 6.45) is -3.62. The van der Waals surface area contributed by atoms with Crippen molar-refractivity contribution in [2.75, 3.05) is 32.7 Å². The topological polar surface area (TPSA) is 123 Å². The molecule has 4 atom stereocenters. The summed E-state index contributed by atoms with van der Waals surface area (Å²) in [5, 5.41) is 4.09. The molecule has 2 aliphatic heterocycles. The molecule has 5 rings (SSSR count). The number of aromatic nitrogens is 2. The summed E-state index contributed by atoms with van der Waals surface area (Å²) in [5.74, 6) is -2.59. The minimum atomic E-state index is -5.30. The number of hydrogen-bond acceptors (Lipinski definition) is 8. The number of rotatable bonds is 7. The molecule has 0 N–H and O–H groups in total. The third-order valence-corrected chi connectivity index (χ3v) is 10.5. The number of quaternary nitrogens is 1. The van der Waals surface area contributed by atoms with Crippen LogP contribution in [0, 0.1) is 27.7 Å². The number of halogens is 3. The second kappa shape index (κ2) is 11.6. The first-order chi connectivity index (χ1) is 20.7. The van der Waals surface area contributed by atoms with Gasteiger partial charge in [-0.25, -0.2) is 17.7 Å². The average Bonchev–Trinajstić information content (AvgIpc) is 3.57. The normalized spacial score (nSPS) is 24.8. The number of amides is 1. The predicted octanol–water partition coefficient (Wildman–Crippen LogP) is 3.37. The van der Waals surface area contributed by atoms with Gasteiger partial charge in [0.15, 0.2) is 0 Å². The van der Waals surface area contributed by atoms with Crippen LogP contribution in [-0.4, -0.2) is 91.3 Å². The van der Waals surface area contributed by atoms with Gasteiger partial charge in [-0.2, -0.15) is 17.5 Å². The zero-order valence-corrected chi connectivity index (χ0v) is 25.4. The Kier molecular flexibility index (Phi) is 8.33. The van der Waals surface area contributed by atoms with Crippen molar-refractivity contribution in [2.45, 2.75) is 57.0 Å². The van der Waals surface area contributed by atoms with Crippen LogP contribution in [0.3, 0.4) is 0 Å². The Balaban J connectivity index is 1.76. The van der Waals surface area contributed by atoms with Crippen molar-refractivity contribution >= 4 is 28.1 Å². The summed E-state index contributed by atoms with van der Waals surface area (Å²) in [5.41, 5.74) is 3.20. The summed E-state index contributed by atoms with van der Waals surface area (Å²) < 4.78 is 80.7. The zero-order chi connectivity index (χ0) is 32.0. The largest absolute Gasteiger partial charge is 0.491 e.